The second-order valence-corrected chi connectivity index (χ2v) is 5.28. The number of furan rings is 1. The zero-order chi connectivity index (χ0) is 14.0. The van der Waals surface area contributed by atoms with Crippen LogP contribution in [0.3, 0.4) is 0 Å². The van der Waals surface area contributed by atoms with Crippen molar-refractivity contribution < 1.29 is 14.3 Å². The first-order valence-electron chi connectivity index (χ1n) is 6.00. The highest BCUT2D eigenvalue weighted by Gasteiger charge is 2.18. The van der Waals surface area contributed by atoms with Gasteiger partial charge >= 0.3 is 5.97 Å². The van der Waals surface area contributed by atoms with Crippen LogP contribution in [0.4, 0.5) is 5.13 Å². The van der Waals surface area contributed by atoms with Gasteiger partial charge in [-0.2, -0.15) is 0 Å². The summed E-state index contributed by atoms with van der Waals surface area (Å²) in [5, 5.41) is 9.82. The van der Waals surface area contributed by atoms with Crippen LogP contribution in [-0.2, 0) is 13.0 Å². The molecule has 2 rings (SSSR count). The first-order chi connectivity index (χ1) is 9.01. The van der Waals surface area contributed by atoms with Crippen LogP contribution in [0.2, 0.25) is 0 Å². The van der Waals surface area contributed by atoms with Crippen LogP contribution in [0.1, 0.15) is 33.8 Å². The van der Waals surface area contributed by atoms with Gasteiger partial charge in [-0.25, -0.2) is 9.78 Å². The molecule has 0 fully saturated rings. The Bertz CT molecular complexity index is 588. The Kier molecular flexibility index (Phi) is 3.90. The molecule has 0 aliphatic heterocycles. The van der Waals surface area contributed by atoms with Gasteiger partial charge in [-0.3, -0.25) is 0 Å². The molecular weight excluding hydrogens is 264 g/mol. The van der Waals surface area contributed by atoms with Crippen molar-refractivity contribution in [3.8, 4) is 0 Å². The topological polar surface area (TPSA) is 66.6 Å². The predicted octanol–water partition coefficient (Wildman–Crippen LogP) is 2.94. The lowest BCUT2D eigenvalue weighted by atomic mass is 10.3. The van der Waals surface area contributed by atoms with Crippen LogP contribution in [0.5, 0.6) is 0 Å². The number of hydrogen-bond donors (Lipinski definition) is 1. The Morgan fingerprint density at radius 2 is 2.26 bits per heavy atom. The van der Waals surface area contributed by atoms with E-state index in [9.17, 15) is 4.79 Å². The molecule has 0 aromatic carbocycles. The fourth-order valence-electron chi connectivity index (χ4n) is 1.78. The van der Waals surface area contributed by atoms with Gasteiger partial charge in [0.15, 0.2) is 5.13 Å². The highest BCUT2D eigenvalue weighted by Crippen LogP contribution is 2.27. The van der Waals surface area contributed by atoms with E-state index in [4.69, 9.17) is 9.52 Å². The van der Waals surface area contributed by atoms with E-state index in [2.05, 4.69) is 4.98 Å². The fraction of sp³-hybridized carbons (Fsp3) is 0.385. The molecule has 0 saturated carbocycles. The average Bonchev–Trinajstić information content (AvgIpc) is 2.95. The first-order valence-corrected chi connectivity index (χ1v) is 6.82. The molecular formula is C13H16N2O3S. The number of nitrogens with zero attached hydrogens (tertiary/aromatic N) is 2. The fourth-order valence-corrected chi connectivity index (χ4v) is 2.73. The van der Waals surface area contributed by atoms with E-state index in [1.54, 1.807) is 0 Å². The molecule has 0 bridgehead atoms. The summed E-state index contributed by atoms with van der Waals surface area (Å²) in [5.74, 6) is 0.788. The molecule has 2 aromatic rings. The summed E-state index contributed by atoms with van der Waals surface area (Å²) in [6.45, 7) is 4.37. The monoisotopic (exact) mass is 280 g/mol. The van der Waals surface area contributed by atoms with E-state index >= 15 is 0 Å². The minimum atomic E-state index is -0.914. The molecule has 0 aliphatic rings. The van der Waals surface area contributed by atoms with Gasteiger partial charge in [0.2, 0.25) is 0 Å². The Morgan fingerprint density at radius 3 is 2.74 bits per heavy atom. The third-order valence-corrected chi connectivity index (χ3v) is 3.93. The van der Waals surface area contributed by atoms with Crippen LogP contribution in [0.25, 0.3) is 0 Å². The number of aromatic nitrogens is 1. The van der Waals surface area contributed by atoms with E-state index < -0.39 is 5.97 Å². The van der Waals surface area contributed by atoms with Crippen LogP contribution in [0.15, 0.2) is 16.5 Å². The van der Waals surface area contributed by atoms with E-state index in [0.29, 0.717) is 28.7 Å². The Morgan fingerprint density at radius 1 is 1.53 bits per heavy atom. The first kappa shape index (κ1) is 13.6. The summed E-state index contributed by atoms with van der Waals surface area (Å²) in [6, 6.07) is 3.82. The van der Waals surface area contributed by atoms with Crippen molar-refractivity contribution in [2.24, 2.45) is 0 Å². The summed E-state index contributed by atoms with van der Waals surface area (Å²) < 4.78 is 5.51. The van der Waals surface area contributed by atoms with Crippen LogP contribution in [0, 0.1) is 6.92 Å². The summed E-state index contributed by atoms with van der Waals surface area (Å²) in [4.78, 5) is 17.7. The van der Waals surface area contributed by atoms with Crippen molar-refractivity contribution in [2.75, 3.05) is 11.9 Å². The zero-order valence-corrected chi connectivity index (χ0v) is 12.0. The zero-order valence-electron chi connectivity index (χ0n) is 11.1. The minimum absolute atomic E-state index is 0.319. The quantitative estimate of drug-likeness (QED) is 0.912. The molecule has 0 unspecified atom stereocenters. The average molecular weight is 280 g/mol. The minimum Gasteiger partial charge on any atom is -0.477 e. The normalized spacial score (nSPS) is 10.7. The van der Waals surface area contributed by atoms with Gasteiger partial charge in [0.25, 0.3) is 0 Å². The molecule has 0 radical (unpaired) electrons. The van der Waals surface area contributed by atoms with Gasteiger partial charge in [-0.15, -0.1) is 0 Å². The van der Waals surface area contributed by atoms with E-state index in [-0.39, 0.29) is 0 Å². The number of aryl methyl sites for hydroxylation is 2. The smallest absolute Gasteiger partial charge is 0.347 e. The molecule has 2 aromatic heterocycles. The van der Waals surface area contributed by atoms with Crippen molar-refractivity contribution in [3.05, 3.63) is 34.2 Å². The number of thiazole rings is 1. The standard InChI is InChI=1S/C13H16N2O3S/c1-4-10-11(12(16)17)19-13(14-10)15(3)7-9-6-5-8(2)18-9/h5-6H,4,7H2,1-3H3,(H,16,17). The van der Waals surface area contributed by atoms with Gasteiger partial charge in [-0.05, 0) is 25.5 Å². The molecule has 6 heteroatoms. The molecule has 0 atom stereocenters. The van der Waals surface area contributed by atoms with Gasteiger partial charge in [0.1, 0.15) is 16.4 Å². The highest BCUT2D eigenvalue weighted by molar-refractivity contribution is 7.17. The Labute approximate surface area is 115 Å². The second-order valence-electron chi connectivity index (χ2n) is 4.30. The lowest BCUT2D eigenvalue weighted by Crippen LogP contribution is -2.15. The molecule has 1 N–H and O–H groups in total. The SMILES string of the molecule is CCc1nc(N(C)Cc2ccc(C)o2)sc1C(=O)O. The van der Waals surface area contributed by atoms with Crippen molar-refractivity contribution >= 4 is 22.4 Å². The van der Waals surface area contributed by atoms with Crippen molar-refractivity contribution in [2.45, 2.75) is 26.8 Å². The predicted molar refractivity (Wildman–Crippen MR) is 74.0 cm³/mol. The lowest BCUT2D eigenvalue weighted by molar-refractivity contribution is 0.0701. The van der Waals surface area contributed by atoms with E-state index in [1.807, 2.05) is 37.9 Å². The van der Waals surface area contributed by atoms with Gasteiger partial charge in [0.05, 0.1) is 12.2 Å². The number of aromatic carboxylic acids is 1. The third-order valence-electron chi connectivity index (χ3n) is 2.73. The molecule has 0 aliphatic carbocycles. The van der Waals surface area contributed by atoms with E-state index in [0.717, 1.165) is 11.5 Å². The summed E-state index contributed by atoms with van der Waals surface area (Å²) >= 11 is 1.20. The van der Waals surface area contributed by atoms with Gasteiger partial charge in [0, 0.05) is 7.05 Å². The van der Waals surface area contributed by atoms with Crippen LogP contribution < -0.4 is 4.90 Å². The number of anilines is 1. The third kappa shape index (κ3) is 2.96. The number of hydrogen-bond acceptors (Lipinski definition) is 5. The van der Waals surface area contributed by atoms with Gasteiger partial charge in [-0.1, -0.05) is 18.3 Å². The van der Waals surface area contributed by atoms with E-state index in [1.165, 1.54) is 11.3 Å². The maximum atomic E-state index is 11.1. The largest absolute Gasteiger partial charge is 0.477 e. The van der Waals surface area contributed by atoms with Crippen molar-refractivity contribution in [1.82, 2.24) is 4.98 Å². The molecule has 102 valence electrons. The molecule has 0 spiro atoms. The van der Waals surface area contributed by atoms with Crippen molar-refractivity contribution in [3.63, 3.8) is 0 Å². The summed E-state index contributed by atoms with van der Waals surface area (Å²) in [5.41, 5.74) is 0.634. The number of rotatable bonds is 5. The Hall–Kier alpha value is -1.82. The lowest BCUT2D eigenvalue weighted by Gasteiger charge is -2.13. The van der Waals surface area contributed by atoms with Crippen molar-refractivity contribution in [1.29, 1.82) is 0 Å². The maximum absolute atomic E-state index is 11.1. The summed E-state index contributed by atoms with van der Waals surface area (Å²) in [7, 11) is 1.88. The molecule has 5 nitrogen and oxygen atoms in total. The molecule has 0 saturated heterocycles. The number of carboxylic acid groups (broad SMARTS) is 1. The molecule has 19 heavy (non-hydrogen) atoms. The van der Waals surface area contributed by atoms with Crippen LogP contribution in [-0.4, -0.2) is 23.1 Å². The number of carboxylic acids is 1. The second kappa shape index (κ2) is 5.44. The molecule has 0 amide bonds. The van der Waals surface area contributed by atoms with Crippen LogP contribution >= 0.6 is 11.3 Å². The highest BCUT2D eigenvalue weighted by atomic mass is 32.1. The number of carbonyl (C=O) groups is 1. The Balaban J connectivity index is 2.19. The molecule has 2 heterocycles. The maximum Gasteiger partial charge on any atom is 0.347 e. The van der Waals surface area contributed by atoms with Gasteiger partial charge < -0.3 is 14.4 Å². The summed E-state index contributed by atoms with van der Waals surface area (Å²) in [6.07, 6.45) is 0.617.